The van der Waals surface area contributed by atoms with Crippen LogP contribution in [0.25, 0.3) is 0 Å². The molecule has 2 atom stereocenters. The summed E-state index contributed by atoms with van der Waals surface area (Å²) in [6, 6.07) is 0. The van der Waals surface area contributed by atoms with Crippen molar-refractivity contribution in [1.29, 1.82) is 0 Å². The van der Waals surface area contributed by atoms with E-state index in [9.17, 15) is 14.4 Å². The van der Waals surface area contributed by atoms with E-state index in [1.807, 2.05) is 0 Å². The molecule has 8 heteroatoms. The molecule has 0 bridgehead atoms. The zero-order valence-corrected chi connectivity index (χ0v) is 16.4. The molecule has 1 fully saturated rings. The van der Waals surface area contributed by atoms with Crippen molar-refractivity contribution in [3.8, 4) is 0 Å². The van der Waals surface area contributed by atoms with Crippen molar-refractivity contribution in [3.05, 3.63) is 11.8 Å². The summed E-state index contributed by atoms with van der Waals surface area (Å²) in [5, 5.41) is 0. The second-order valence-corrected chi connectivity index (χ2v) is 6.39. The number of esters is 3. The van der Waals surface area contributed by atoms with Gasteiger partial charge in [-0.25, -0.2) is 14.4 Å². The van der Waals surface area contributed by atoms with Crippen LogP contribution in [0.3, 0.4) is 0 Å². The Morgan fingerprint density at radius 3 is 1.96 bits per heavy atom. The molecule has 1 saturated heterocycles. The first-order valence-corrected chi connectivity index (χ1v) is 8.66. The molecule has 1 rings (SSSR count). The van der Waals surface area contributed by atoms with Gasteiger partial charge in [-0.15, -0.1) is 0 Å². The third-order valence-corrected chi connectivity index (χ3v) is 4.10. The molecule has 2 unspecified atom stereocenters. The van der Waals surface area contributed by atoms with E-state index in [1.165, 1.54) is 7.11 Å². The third kappa shape index (κ3) is 3.70. The molecule has 0 aromatic heterocycles. The maximum atomic E-state index is 12.8. The summed E-state index contributed by atoms with van der Waals surface area (Å²) in [6.07, 6.45) is 1.00. The fourth-order valence-corrected chi connectivity index (χ4v) is 2.66. The molecule has 148 valence electrons. The van der Waals surface area contributed by atoms with Crippen LogP contribution in [0.5, 0.6) is 0 Å². The second-order valence-electron chi connectivity index (χ2n) is 6.39. The van der Waals surface area contributed by atoms with Gasteiger partial charge in [0.25, 0.3) is 0 Å². The Balaban J connectivity index is 3.62. The highest BCUT2D eigenvalue weighted by Gasteiger charge is 2.67. The molecular formula is C18H28O8. The molecular weight excluding hydrogens is 344 g/mol. The lowest BCUT2D eigenvalue weighted by molar-refractivity contribution is -0.239. The lowest BCUT2D eigenvalue weighted by Crippen LogP contribution is -2.53. The molecule has 0 amide bonds. The largest absolute Gasteiger partial charge is 0.466 e. The van der Waals surface area contributed by atoms with Crippen molar-refractivity contribution in [2.75, 3.05) is 20.3 Å². The standard InChI is InChI=1S/C18H28O8/c1-8-23-15(20)17(11(3)4)13(10-14(19)22-7)25-18(26-17,12(5)6)16(21)24-9-2/h10-12H,8-9H2,1-7H3/b13-10-. The predicted octanol–water partition coefficient (Wildman–Crippen LogP) is 1.96. The molecule has 1 aliphatic heterocycles. The van der Waals surface area contributed by atoms with Crippen molar-refractivity contribution < 1.29 is 38.1 Å². The molecule has 0 aliphatic carbocycles. The van der Waals surface area contributed by atoms with E-state index in [4.69, 9.17) is 18.9 Å². The zero-order valence-electron chi connectivity index (χ0n) is 16.4. The minimum Gasteiger partial charge on any atom is -0.466 e. The maximum absolute atomic E-state index is 12.8. The second kappa shape index (κ2) is 8.53. The zero-order chi connectivity index (χ0) is 20.1. The topological polar surface area (TPSA) is 97.4 Å². The van der Waals surface area contributed by atoms with Crippen LogP contribution in [0.15, 0.2) is 11.8 Å². The van der Waals surface area contributed by atoms with Gasteiger partial charge in [0.1, 0.15) is 0 Å². The Kier molecular flexibility index (Phi) is 7.20. The monoisotopic (exact) mass is 372 g/mol. The first-order valence-electron chi connectivity index (χ1n) is 8.66. The van der Waals surface area contributed by atoms with E-state index in [0.717, 1.165) is 6.08 Å². The number of hydrogen-bond acceptors (Lipinski definition) is 8. The van der Waals surface area contributed by atoms with Gasteiger partial charge in [-0.05, 0) is 13.8 Å². The molecule has 26 heavy (non-hydrogen) atoms. The SMILES string of the molecule is CCOC(=O)C1(C(C)C)O/C(=C\C(=O)OC)C(C(=O)OCC)(C(C)C)O1. The van der Waals surface area contributed by atoms with E-state index >= 15 is 0 Å². The summed E-state index contributed by atoms with van der Waals surface area (Å²) >= 11 is 0. The average molecular weight is 372 g/mol. The van der Waals surface area contributed by atoms with Crippen molar-refractivity contribution >= 4 is 17.9 Å². The van der Waals surface area contributed by atoms with Gasteiger partial charge in [-0.2, -0.15) is 0 Å². The Labute approximate surface area is 153 Å². The Morgan fingerprint density at radius 2 is 1.54 bits per heavy atom. The summed E-state index contributed by atoms with van der Waals surface area (Å²) in [7, 11) is 1.19. The fraction of sp³-hybridized carbons (Fsp3) is 0.722. The van der Waals surface area contributed by atoms with Crippen molar-refractivity contribution in [1.82, 2.24) is 0 Å². The number of ether oxygens (including phenoxy) is 5. The summed E-state index contributed by atoms with van der Waals surface area (Å²) in [5.74, 6) is -5.33. The highest BCUT2D eigenvalue weighted by molar-refractivity contribution is 5.91. The molecule has 0 spiro atoms. The van der Waals surface area contributed by atoms with Gasteiger partial charge in [-0.1, -0.05) is 27.7 Å². The Hall–Kier alpha value is -2.09. The van der Waals surface area contributed by atoms with E-state index in [2.05, 4.69) is 4.74 Å². The first kappa shape index (κ1) is 22.0. The third-order valence-electron chi connectivity index (χ3n) is 4.10. The lowest BCUT2D eigenvalue weighted by Gasteiger charge is -2.32. The summed E-state index contributed by atoms with van der Waals surface area (Å²) < 4.78 is 26.7. The van der Waals surface area contributed by atoms with Crippen LogP contribution in [0.4, 0.5) is 0 Å². The quantitative estimate of drug-likeness (QED) is 0.380. The first-order chi connectivity index (χ1) is 12.1. The summed E-state index contributed by atoms with van der Waals surface area (Å²) in [6.45, 7) is 10.3. The van der Waals surface area contributed by atoms with Crippen LogP contribution >= 0.6 is 0 Å². The van der Waals surface area contributed by atoms with Crippen LogP contribution in [0.2, 0.25) is 0 Å². The number of rotatable bonds is 7. The Bertz CT molecular complexity index is 580. The van der Waals surface area contributed by atoms with Gasteiger partial charge in [0.2, 0.25) is 5.60 Å². The maximum Gasteiger partial charge on any atom is 0.380 e. The van der Waals surface area contributed by atoms with Crippen molar-refractivity contribution in [3.63, 3.8) is 0 Å². The van der Waals surface area contributed by atoms with E-state index < -0.39 is 41.1 Å². The van der Waals surface area contributed by atoms with E-state index in [1.54, 1.807) is 41.5 Å². The van der Waals surface area contributed by atoms with Crippen LogP contribution in [-0.4, -0.2) is 49.6 Å². The van der Waals surface area contributed by atoms with Crippen LogP contribution in [-0.2, 0) is 38.1 Å². The molecule has 1 heterocycles. The summed E-state index contributed by atoms with van der Waals surface area (Å²) in [5.41, 5.74) is -1.78. The van der Waals surface area contributed by atoms with E-state index in [-0.39, 0.29) is 19.0 Å². The number of carbonyl (C=O) groups is 3. The van der Waals surface area contributed by atoms with Gasteiger partial charge in [0.15, 0.2) is 5.76 Å². The van der Waals surface area contributed by atoms with Gasteiger partial charge in [0.05, 0.1) is 26.4 Å². The molecule has 0 radical (unpaired) electrons. The van der Waals surface area contributed by atoms with Crippen LogP contribution < -0.4 is 0 Å². The van der Waals surface area contributed by atoms with Gasteiger partial charge >= 0.3 is 23.7 Å². The molecule has 8 nitrogen and oxygen atoms in total. The van der Waals surface area contributed by atoms with Gasteiger partial charge < -0.3 is 23.7 Å². The average Bonchev–Trinajstić information content (AvgIpc) is 2.93. The Morgan fingerprint density at radius 1 is 1.00 bits per heavy atom. The van der Waals surface area contributed by atoms with Crippen molar-refractivity contribution in [2.24, 2.45) is 11.8 Å². The highest BCUT2D eigenvalue weighted by atomic mass is 16.8. The van der Waals surface area contributed by atoms with Crippen LogP contribution in [0, 0.1) is 11.8 Å². The number of hydrogen-bond donors (Lipinski definition) is 0. The number of methoxy groups -OCH3 is 1. The van der Waals surface area contributed by atoms with E-state index in [0.29, 0.717) is 0 Å². The molecule has 1 aliphatic rings. The molecule has 0 aromatic carbocycles. The lowest BCUT2D eigenvalue weighted by atomic mass is 9.87. The minimum atomic E-state index is -1.88. The normalized spacial score (nSPS) is 26.7. The predicted molar refractivity (Wildman–Crippen MR) is 90.7 cm³/mol. The minimum absolute atomic E-state index is 0.0935. The summed E-state index contributed by atoms with van der Waals surface area (Å²) in [4.78, 5) is 37.3. The highest BCUT2D eigenvalue weighted by Crippen LogP contribution is 2.48. The fourth-order valence-electron chi connectivity index (χ4n) is 2.66. The van der Waals surface area contributed by atoms with Crippen molar-refractivity contribution in [2.45, 2.75) is 52.9 Å². The molecule has 0 N–H and O–H groups in total. The molecule has 0 saturated carbocycles. The van der Waals surface area contributed by atoms with Gasteiger partial charge in [0, 0.05) is 11.8 Å². The number of carbonyl (C=O) groups excluding carboxylic acids is 3. The van der Waals surface area contributed by atoms with Gasteiger partial charge in [-0.3, -0.25) is 0 Å². The smallest absolute Gasteiger partial charge is 0.380 e. The molecule has 0 aromatic rings. The van der Waals surface area contributed by atoms with Crippen LogP contribution in [0.1, 0.15) is 41.5 Å².